The molecular weight excluding hydrogens is 470 g/mol. The fraction of sp³-hybridized carbons (Fsp3) is 0.581. The molecule has 0 atom stereocenters. The average Bonchev–Trinajstić information content (AvgIpc) is 3.73. The zero-order valence-corrected chi connectivity index (χ0v) is 22.4. The summed E-state index contributed by atoms with van der Waals surface area (Å²) in [5.41, 5.74) is 1.63. The summed E-state index contributed by atoms with van der Waals surface area (Å²) in [5, 5.41) is 3.75. The lowest BCUT2D eigenvalue weighted by atomic mass is 9.84. The quantitative estimate of drug-likeness (QED) is 0.398. The summed E-state index contributed by atoms with van der Waals surface area (Å²) in [5.74, 6) is 0.553. The third-order valence-corrected chi connectivity index (χ3v) is 7.64. The molecule has 0 saturated heterocycles. The minimum absolute atomic E-state index is 0.0253. The Hall–Kier alpha value is -2.47. The molecule has 2 fully saturated rings. The lowest BCUT2D eigenvalue weighted by molar-refractivity contribution is 0.0745. The summed E-state index contributed by atoms with van der Waals surface area (Å²) in [6.07, 6.45) is 11.8. The van der Waals surface area contributed by atoms with E-state index < -0.39 is 11.6 Å². The molecular formula is C31H42F2N2O2. The van der Waals surface area contributed by atoms with Crippen LogP contribution in [-0.4, -0.2) is 36.5 Å². The lowest BCUT2D eigenvalue weighted by Crippen LogP contribution is -2.36. The third kappa shape index (κ3) is 8.00. The third-order valence-electron chi connectivity index (χ3n) is 7.64. The lowest BCUT2D eigenvalue weighted by Gasteiger charge is -2.31. The van der Waals surface area contributed by atoms with Crippen molar-refractivity contribution >= 4 is 5.91 Å². The highest BCUT2D eigenvalue weighted by Crippen LogP contribution is 2.32. The number of halogens is 2. The molecule has 2 saturated carbocycles. The normalized spacial score (nSPS) is 21.5. The summed E-state index contributed by atoms with van der Waals surface area (Å²) in [4.78, 5) is 15.3. The first-order valence-corrected chi connectivity index (χ1v) is 14.2. The number of ether oxygens (including phenoxy) is 1. The van der Waals surface area contributed by atoms with Gasteiger partial charge >= 0.3 is 0 Å². The van der Waals surface area contributed by atoms with E-state index >= 15 is 0 Å². The minimum Gasteiger partial charge on any atom is -0.454 e. The smallest absolute Gasteiger partial charge is 0.254 e. The largest absolute Gasteiger partial charge is 0.454 e. The first-order valence-electron chi connectivity index (χ1n) is 14.2. The van der Waals surface area contributed by atoms with Crippen LogP contribution in [-0.2, 0) is 6.42 Å². The standard InChI is InChI=1S/C28H34F2N2O2.C3H8/c29-22-8-12-27(26(30)16-22)34-24-11-7-21-2-1-14-32(28(33)25(21)17-24)15-13-19-5-9-23(10-6-19)31-18-20-3-4-20;1-3-2/h7-8,11-12,16-17,19-20,23,31H,1-6,9-10,13-15,18H2;3H2,1-2H3. The monoisotopic (exact) mass is 512 g/mol. The van der Waals surface area contributed by atoms with Gasteiger partial charge in [-0.2, -0.15) is 0 Å². The summed E-state index contributed by atoms with van der Waals surface area (Å²) >= 11 is 0. The number of carbonyl (C=O) groups is 1. The topological polar surface area (TPSA) is 41.6 Å². The van der Waals surface area contributed by atoms with Crippen molar-refractivity contribution in [3.05, 3.63) is 59.2 Å². The van der Waals surface area contributed by atoms with Crippen molar-refractivity contribution in [2.45, 2.75) is 84.1 Å². The van der Waals surface area contributed by atoms with E-state index in [0.29, 0.717) is 23.3 Å². The number of nitrogens with zero attached hydrogens (tertiary/aromatic N) is 1. The predicted octanol–water partition coefficient (Wildman–Crippen LogP) is 7.51. The second-order valence-electron chi connectivity index (χ2n) is 11.0. The Morgan fingerprint density at radius 3 is 2.41 bits per heavy atom. The van der Waals surface area contributed by atoms with Crippen LogP contribution in [0.2, 0.25) is 0 Å². The van der Waals surface area contributed by atoms with Gasteiger partial charge in [0.25, 0.3) is 5.91 Å². The Balaban J connectivity index is 0.00000102. The van der Waals surface area contributed by atoms with Crippen molar-refractivity contribution in [2.75, 3.05) is 19.6 Å². The Labute approximate surface area is 220 Å². The number of hydrogen-bond donors (Lipinski definition) is 1. The fourth-order valence-electron chi connectivity index (χ4n) is 5.32. The average molecular weight is 513 g/mol. The zero-order valence-electron chi connectivity index (χ0n) is 22.4. The van der Waals surface area contributed by atoms with Gasteiger partial charge in [-0.05, 0) is 106 Å². The maximum Gasteiger partial charge on any atom is 0.254 e. The summed E-state index contributed by atoms with van der Waals surface area (Å²) in [6.45, 7) is 6.98. The number of benzene rings is 2. The van der Waals surface area contributed by atoms with Gasteiger partial charge in [0.1, 0.15) is 11.6 Å². The molecule has 1 amide bonds. The second kappa shape index (κ2) is 13.4. The van der Waals surface area contributed by atoms with Crippen LogP contribution >= 0.6 is 0 Å². The van der Waals surface area contributed by atoms with Crippen molar-refractivity contribution in [3.63, 3.8) is 0 Å². The van der Waals surface area contributed by atoms with E-state index in [1.165, 1.54) is 57.6 Å². The van der Waals surface area contributed by atoms with E-state index in [1.54, 1.807) is 12.1 Å². The number of nitrogens with one attached hydrogen (secondary N) is 1. The Bertz CT molecular complexity index is 1030. The van der Waals surface area contributed by atoms with E-state index in [0.717, 1.165) is 56.0 Å². The van der Waals surface area contributed by atoms with Gasteiger partial charge in [0.05, 0.1) is 0 Å². The van der Waals surface area contributed by atoms with Crippen LogP contribution in [0.25, 0.3) is 0 Å². The van der Waals surface area contributed by atoms with Crippen LogP contribution in [0.15, 0.2) is 36.4 Å². The summed E-state index contributed by atoms with van der Waals surface area (Å²) in [7, 11) is 0. The van der Waals surface area contributed by atoms with Crippen LogP contribution in [0.4, 0.5) is 8.78 Å². The number of aryl methyl sites for hydroxylation is 1. The first kappa shape index (κ1) is 27.6. The SMILES string of the molecule is CCC.O=C1c2cc(Oc3ccc(F)cc3F)ccc2CCCN1CCC1CCC(NCC2CC2)CC1. The van der Waals surface area contributed by atoms with Gasteiger partial charge < -0.3 is 15.0 Å². The predicted molar refractivity (Wildman–Crippen MR) is 144 cm³/mol. The Morgan fingerprint density at radius 2 is 1.70 bits per heavy atom. The van der Waals surface area contributed by atoms with Crippen molar-refractivity contribution in [1.29, 1.82) is 0 Å². The van der Waals surface area contributed by atoms with Crippen molar-refractivity contribution in [3.8, 4) is 11.5 Å². The molecule has 0 unspecified atom stereocenters. The molecule has 202 valence electrons. The molecule has 1 aliphatic heterocycles. The van der Waals surface area contributed by atoms with Crippen LogP contribution < -0.4 is 10.1 Å². The molecule has 1 heterocycles. The van der Waals surface area contributed by atoms with E-state index in [4.69, 9.17) is 4.74 Å². The number of rotatable bonds is 8. The molecule has 0 spiro atoms. The molecule has 1 N–H and O–H groups in total. The zero-order chi connectivity index (χ0) is 26.2. The fourth-order valence-corrected chi connectivity index (χ4v) is 5.32. The highest BCUT2D eigenvalue weighted by Gasteiger charge is 2.27. The molecule has 0 radical (unpaired) electrons. The van der Waals surface area contributed by atoms with Gasteiger partial charge in [0, 0.05) is 30.8 Å². The number of hydrogen-bond acceptors (Lipinski definition) is 3. The second-order valence-corrected chi connectivity index (χ2v) is 11.0. The van der Waals surface area contributed by atoms with E-state index in [9.17, 15) is 13.6 Å². The van der Waals surface area contributed by atoms with Crippen molar-refractivity contribution in [1.82, 2.24) is 10.2 Å². The highest BCUT2D eigenvalue weighted by molar-refractivity contribution is 5.96. The molecule has 2 aromatic carbocycles. The number of carbonyl (C=O) groups excluding carboxylic acids is 1. The van der Waals surface area contributed by atoms with E-state index in [-0.39, 0.29) is 11.7 Å². The van der Waals surface area contributed by atoms with Crippen LogP contribution in [0, 0.1) is 23.5 Å². The molecule has 4 nitrogen and oxygen atoms in total. The molecule has 2 aromatic rings. The van der Waals surface area contributed by atoms with Crippen molar-refractivity contribution in [2.24, 2.45) is 11.8 Å². The van der Waals surface area contributed by atoms with Gasteiger partial charge in [-0.1, -0.05) is 26.3 Å². The Kier molecular flexibility index (Phi) is 9.95. The van der Waals surface area contributed by atoms with Gasteiger partial charge in [-0.25, -0.2) is 8.78 Å². The first-order chi connectivity index (χ1) is 18.0. The summed E-state index contributed by atoms with van der Waals surface area (Å²) < 4.78 is 32.9. The molecule has 0 aromatic heterocycles. The Morgan fingerprint density at radius 1 is 0.973 bits per heavy atom. The van der Waals surface area contributed by atoms with Crippen molar-refractivity contribution < 1.29 is 18.3 Å². The van der Waals surface area contributed by atoms with E-state index in [1.807, 2.05) is 11.0 Å². The van der Waals surface area contributed by atoms with Gasteiger partial charge in [0.2, 0.25) is 0 Å². The van der Waals surface area contributed by atoms with Crippen LogP contribution in [0.1, 0.15) is 87.6 Å². The van der Waals surface area contributed by atoms with Crippen LogP contribution in [0.5, 0.6) is 11.5 Å². The number of amides is 1. The van der Waals surface area contributed by atoms with Gasteiger partial charge in [-0.15, -0.1) is 0 Å². The summed E-state index contributed by atoms with van der Waals surface area (Å²) in [6, 6.07) is 9.24. The maximum absolute atomic E-state index is 14.0. The molecule has 2 aliphatic carbocycles. The number of fused-ring (bicyclic) bond motifs is 1. The van der Waals surface area contributed by atoms with E-state index in [2.05, 4.69) is 19.2 Å². The highest BCUT2D eigenvalue weighted by atomic mass is 19.1. The van der Waals surface area contributed by atoms with Gasteiger partial charge in [0.15, 0.2) is 11.6 Å². The molecule has 5 rings (SSSR count). The molecule has 3 aliphatic rings. The maximum atomic E-state index is 14.0. The van der Waals surface area contributed by atoms with Gasteiger partial charge in [-0.3, -0.25) is 4.79 Å². The molecule has 6 heteroatoms. The van der Waals surface area contributed by atoms with Crippen LogP contribution in [0.3, 0.4) is 0 Å². The molecule has 0 bridgehead atoms. The molecule has 37 heavy (non-hydrogen) atoms. The minimum atomic E-state index is -0.764.